The lowest BCUT2D eigenvalue weighted by molar-refractivity contribution is -0.385. The maximum absolute atomic E-state index is 11.0. The lowest BCUT2D eigenvalue weighted by atomic mass is 9.97. The molecule has 1 heterocycles. The van der Waals surface area contributed by atoms with Crippen molar-refractivity contribution in [1.29, 1.82) is 0 Å². The van der Waals surface area contributed by atoms with Gasteiger partial charge in [0.15, 0.2) is 0 Å². The number of piperidine rings is 1. The Morgan fingerprint density at radius 3 is 2.65 bits per heavy atom. The second kappa shape index (κ2) is 8.19. The Labute approximate surface area is 125 Å². The van der Waals surface area contributed by atoms with Gasteiger partial charge >= 0.3 is 0 Å². The highest BCUT2D eigenvalue weighted by Gasteiger charge is 2.18. The van der Waals surface area contributed by atoms with E-state index < -0.39 is 0 Å². The van der Waals surface area contributed by atoms with Crippen LogP contribution in [0.5, 0.6) is 0 Å². The minimum absolute atomic E-state index is 0. The number of para-hydroxylation sites is 1. The first-order chi connectivity index (χ1) is 9.16. The van der Waals surface area contributed by atoms with Crippen LogP contribution >= 0.6 is 12.4 Å². The third-order valence-corrected chi connectivity index (χ3v) is 3.66. The average molecular weight is 300 g/mol. The van der Waals surface area contributed by atoms with Gasteiger partial charge in [-0.3, -0.25) is 10.1 Å². The van der Waals surface area contributed by atoms with Crippen LogP contribution in [0.15, 0.2) is 24.3 Å². The normalized spacial score (nSPS) is 15.9. The number of nitrogens with one attached hydrogen (secondary N) is 1. The minimum Gasteiger partial charge on any atom is -0.317 e. The van der Waals surface area contributed by atoms with Crippen LogP contribution in [0, 0.1) is 16.0 Å². The monoisotopic (exact) mass is 299 g/mol. The molecule has 6 heteroatoms. The molecule has 0 bridgehead atoms. The Kier molecular flexibility index (Phi) is 6.91. The van der Waals surface area contributed by atoms with Crippen LogP contribution in [0.25, 0.3) is 0 Å². The summed E-state index contributed by atoms with van der Waals surface area (Å²) in [5.74, 6) is 0.703. The lowest BCUT2D eigenvalue weighted by Crippen LogP contribution is -2.34. The minimum atomic E-state index is -0.298. The number of nitro groups is 1. The Morgan fingerprint density at radius 2 is 2.00 bits per heavy atom. The largest absolute Gasteiger partial charge is 0.317 e. The molecule has 1 aliphatic heterocycles. The zero-order valence-corrected chi connectivity index (χ0v) is 12.6. The van der Waals surface area contributed by atoms with Crippen molar-refractivity contribution in [3.63, 3.8) is 0 Å². The average Bonchev–Trinajstić information content (AvgIpc) is 2.40. The lowest BCUT2D eigenvalue weighted by Gasteiger charge is -2.27. The Bertz CT molecular complexity index is 436. The topological polar surface area (TPSA) is 58.4 Å². The predicted molar refractivity (Wildman–Crippen MR) is 82.3 cm³/mol. The van der Waals surface area contributed by atoms with Gasteiger partial charge in [0.05, 0.1) is 4.92 Å². The van der Waals surface area contributed by atoms with E-state index >= 15 is 0 Å². The first-order valence-electron chi connectivity index (χ1n) is 6.78. The van der Waals surface area contributed by atoms with Crippen molar-refractivity contribution >= 4 is 18.1 Å². The number of benzene rings is 1. The van der Waals surface area contributed by atoms with Crippen LogP contribution in [-0.2, 0) is 6.54 Å². The molecule has 0 aromatic heterocycles. The summed E-state index contributed by atoms with van der Waals surface area (Å²) in [5, 5.41) is 14.3. The van der Waals surface area contributed by atoms with Crippen LogP contribution in [0.3, 0.4) is 0 Å². The van der Waals surface area contributed by atoms with Crippen molar-refractivity contribution in [1.82, 2.24) is 10.2 Å². The second-order valence-corrected chi connectivity index (χ2v) is 5.28. The van der Waals surface area contributed by atoms with Gasteiger partial charge in [-0.2, -0.15) is 0 Å². The summed E-state index contributed by atoms with van der Waals surface area (Å²) in [6, 6.07) is 7.00. The van der Waals surface area contributed by atoms with E-state index in [9.17, 15) is 10.1 Å². The van der Waals surface area contributed by atoms with Gasteiger partial charge in [-0.15, -0.1) is 12.4 Å². The van der Waals surface area contributed by atoms with Crippen LogP contribution < -0.4 is 5.32 Å². The van der Waals surface area contributed by atoms with Gasteiger partial charge in [-0.1, -0.05) is 18.2 Å². The van der Waals surface area contributed by atoms with Crippen LogP contribution in [0.1, 0.15) is 18.4 Å². The standard InChI is InChI=1S/C14H21N3O2.ClH/c1-16(10-12-6-8-15-9-7-12)11-13-4-2-3-5-14(13)17(18)19;/h2-5,12,15H,6-11H2,1H3;1H. The summed E-state index contributed by atoms with van der Waals surface area (Å²) in [6.45, 7) is 3.82. The molecule has 1 aliphatic rings. The molecule has 0 saturated carbocycles. The van der Waals surface area contributed by atoms with E-state index in [4.69, 9.17) is 0 Å². The van der Waals surface area contributed by atoms with Crippen molar-refractivity contribution in [2.24, 2.45) is 5.92 Å². The summed E-state index contributed by atoms with van der Waals surface area (Å²) < 4.78 is 0. The Balaban J connectivity index is 0.00000200. The summed E-state index contributed by atoms with van der Waals surface area (Å²) in [6.07, 6.45) is 2.39. The third-order valence-electron chi connectivity index (χ3n) is 3.66. The van der Waals surface area contributed by atoms with Gasteiger partial charge in [0.2, 0.25) is 0 Å². The van der Waals surface area contributed by atoms with E-state index in [1.54, 1.807) is 12.1 Å². The fourth-order valence-corrected chi connectivity index (χ4v) is 2.68. The number of rotatable bonds is 5. The fourth-order valence-electron chi connectivity index (χ4n) is 2.68. The SMILES string of the molecule is CN(Cc1ccccc1[N+](=O)[O-])CC1CCNCC1.Cl. The summed E-state index contributed by atoms with van der Waals surface area (Å²) in [4.78, 5) is 12.9. The van der Waals surface area contributed by atoms with E-state index in [0.29, 0.717) is 12.5 Å². The highest BCUT2D eigenvalue weighted by atomic mass is 35.5. The maximum Gasteiger partial charge on any atom is 0.273 e. The summed E-state index contributed by atoms with van der Waals surface area (Å²) in [5.41, 5.74) is 1.02. The van der Waals surface area contributed by atoms with Crippen LogP contribution in [0.2, 0.25) is 0 Å². The van der Waals surface area contributed by atoms with E-state index in [-0.39, 0.29) is 23.0 Å². The van der Waals surface area contributed by atoms with E-state index in [0.717, 1.165) is 25.2 Å². The molecule has 1 saturated heterocycles. The van der Waals surface area contributed by atoms with E-state index in [2.05, 4.69) is 10.2 Å². The molecule has 0 amide bonds. The molecule has 0 radical (unpaired) electrons. The highest BCUT2D eigenvalue weighted by Crippen LogP contribution is 2.20. The zero-order valence-electron chi connectivity index (χ0n) is 11.7. The van der Waals surface area contributed by atoms with Crippen LogP contribution in [0.4, 0.5) is 5.69 Å². The van der Waals surface area contributed by atoms with Gasteiger partial charge in [-0.25, -0.2) is 0 Å². The third kappa shape index (κ3) is 4.74. The van der Waals surface area contributed by atoms with Crippen molar-refractivity contribution in [3.05, 3.63) is 39.9 Å². The molecular weight excluding hydrogens is 278 g/mol. The number of halogens is 1. The molecule has 1 fully saturated rings. The van der Waals surface area contributed by atoms with Gasteiger partial charge in [0, 0.05) is 24.7 Å². The Hall–Kier alpha value is -1.17. The highest BCUT2D eigenvalue weighted by molar-refractivity contribution is 5.85. The summed E-state index contributed by atoms with van der Waals surface area (Å²) in [7, 11) is 2.04. The molecule has 0 atom stereocenters. The molecule has 0 spiro atoms. The second-order valence-electron chi connectivity index (χ2n) is 5.28. The molecule has 1 N–H and O–H groups in total. The van der Waals surface area contributed by atoms with Gasteiger partial charge in [0.1, 0.15) is 0 Å². The molecule has 1 aromatic carbocycles. The number of hydrogen-bond acceptors (Lipinski definition) is 4. The molecule has 1 aromatic rings. The number of nitrogens with zero attached hydrogens (tertiary/aromatic N) is 2. The number of nitro benzene ring substituents is 1. The van der Waals surface area contributed by atoms with Crippen molar-refractivity contribution in [2.45, 2.75) is 19.4 Å². The quantitative estimate of drug-likeness (QED) is 0.670. The first-order valence-corrected chi connectivity index (χ1v) is 6.78. The first kappa shape index (κ1) is 16.9. The Morgan fingerprint density at radius 1 is 1.35 bits per heavy atom. The van der Waals surface area contributed by atoms with Gasteiger partial charge in [0.25, 0.3) is 5.69 Å². The van der Waals surface area contributed by atoms with Crippen molar-refractivity contribution < 1.29 is 4.92 Å². The molecule has 2 rings (SSSR count). The fraction of sp³-hybridized carbons (Fsp3) is 0.571. The summed E-state index contributed by atoms with van der Waals surface area (Å²) >= 11 is 0. The molecule has 112 valence electrons. The van der Waals surface area contributed by atoms with E-state index in [1.807, 2.05) is 19.2 Å². The van der Waals surface area contributed by atoms with Crippen LogP contribution in [-0.4, -0.2) is 36.5 Å². The van der Waals surface area contributed by atoms with Crippen molar-refractivity contribution in [2.75, 3.05) is 26.7 Å². The van der Waals surface area contributed by atoms with Gasteiger partial charge < -0.3 is 10.2 Å². The van der Waals surface area contributed by atoms with E-state index in [1.165, 1.54) is 12.8 Å². The molecular formula is C14H22ClN3O2. The zero-order chi connectivity index (χ0) is 13.7. The predicted octanol–water partition coefficient (Wildman–Crippen LogP) is 2.45. The van der Waals surface area contributed by atoms with Gasteiger partial charge in [-0.05, 0) is 38.9 Å². The molecule has 20 heavy (non-hydrogen) atoms. The maximum atomic E-state index is 11.0. The molecule has 0 unspecified atom stereocenters. The molecule has 0 aliphatic carbocycles. The number of hydrogen-bond donors (Lipinski definition) is 1. The molecule has 5 nitrogen and oxygen atoms in total. The van der Waals surface area contributed by atoms with Crippen molar-refractivity contribution in [3.8, 4) is 0 Å². The smallest absolute Gasteiger partial charge is 0.273 e.